The number of hydrogen-bond donors (Lipinski definition) is 0. The van der Waals surface area contributed by atoms with Gasteiger partial charge in [0.05, 0.1) is 13.2 Å². The number of alkyl halides is 4. The van der Waals surface area contributed by atoms with Crippen molar-refractivity contribution in [3.63, 3.8) is 0 Å². The molecule has 11 heteroatoms. The summed E-state index contributed by atoms with van der Waals surface area (Å²) in [4.78, 5) is 0. The van der Waals surface area contributed by atoms with Crippen molar-refractivity contribution in [3.8, 4) is 0 Å². The van der Waals surface area contributed by atoms with Crippen LogP contribution in [0.1, 0.15) is 28.7 Å². The molecule has 0 spiro atoms. The monoisotopic (exact) mass is 580 g/mol. The molecule has 0 heterocycles. The molecule has 0 aromatic heterocycles. The second kappa shape index (κ2) is 13.8. The molecule has 0 N–H and O–H groups in total. The van der Waals surface area contributed by atoms with Crippen LogP contribution in [0.2, 0.25) is 38.8 Å². The lowest BCUT2D eigenvalue weighted by atomic mass is 10.2. The van der Waals surface area contributed by atoms with Crippen LogP contribution in [-0.4, -0.2) is 32.1 Å². The number of halogens is 4. The van der Waals surface area contributed by atoms with E-state index in [2.05, 4.69) is 0 Å². The fourth-order valence-electron chi connectivity index (χ4n) is 3.56. The van der Waals surface area contributed by atoms with Crippen LogP contribution >= 0.6 is 23.2 Å². The lowest BCUT2D eigenvalue weighted by molar-refractivity contribution is 0.137. The van der Waals surface area contributed by atoms with Gasteiger partial charge in [0.2, 0.25) is 6.43 Å². The van der Waals surface area contributed by atoms with Gasteiger partial charge in [-0.25, -0.2) is 8.78 Å². The summed E-state index contributed by atoms with van der Waals surface area (Å²) < 4.78 is 51.6. The minimum Gasteiger partial charge on any atom is -0.415 e. The molecule has 2 aromatic rings. The molecule has 0 saturated carbocycles. The molecule has 196 valence electrons. The molecule has 2 aromatic carbocycles. The lowest BCUT2D eigenvalue weighted by Crippen LogP contribution is -2.56. The normalized spacial score (nSPS) is 13.0. The van der Waals surface area contributed by atoms with E-state index >= 15 is 0 Å². The average Bonchev–Trinajstić information content (AvgIpc) is 2.80. The quantitative estimate of drug-likeness (QED) is 0.158. The SMILES string of the molecule is C[Si](C)(OCc1ccc(CCl)cc1)O[Si](C)(CCC(F)F)O[Si](C)(C)OCc1ccc(CCl)cc1. The van der Waals surface area contributed by atoms with Gasteiger partial charge in [-0.3, -0.25) is 0 Å². The van der Waals surface area contributed by atoms with Crippen LogP contribution in [-0.2, 0) is 42.1 Å². The topological polar surface area (TPSA) is 36.9 Å². The summed E-state index contributed by atoms with van der Waals surface area (Å²) in [5, 5.41) is 0. The fourth-order valence-corrected chi connectivity index (χ4v) is 15.8. The van der Waals surface area contributed by atoms with Crippen LogP contribution in [0.15, 0.2) is 48.5 Å². The van der Waals surface area contributed by atoms with Gasteiger partial charge in [-0.1, -0.05) is 48.5 Å². The third kappa shape index (κ3) is 11.5. The van der Waals surface area contributed by atoms with Gasteiger partial charge >= 0.3 is 25.7 Å². The fraction of sp³-hybridized carbons (Fsp3) is 0.500. The van der Waals surface area contributed by atoms with Crippen LogP contribution in [0.5, 0.6) is 0 Å². The van der Waals surface area contributed by atoms with Crippen LogP contribution in [0.3, 0.4) is 0 Å². The molecule has 4 nitrogen and oxygen atoms in total. The zero-order valence-electron chi connectivity index (χ0n) is 21.1. The Kier molecular flexibility index (Phi) is 12.0. The van der Waals surface area contributed by atoms with Gasteiger partial charge in [-0.2, -0.15) is 0 Å². The van der Waals surface area contributed by atoms with Crippen LogP contribution in [0.25, 0.3) is 0 Å². The van der Waals surface area contributed by atoms with Gasteiger partial charge < -0.3 is 17.1 Å². The molecule has 0 aliphatic heterocycles. The first-order chi connectivity index (χ1) is 16.4. The molecule has 2 rings (SSSR count). The maximum absolute atomic E-state index is 13.1. The summed E-state index contributed by atoms with van der Waals surface area (Å²) in [7, 11) is -8.42. The zero-order valence-corrected chi connectivity index (χ0v) is 25.6. The van der Waals surface area contributed by atoms with Gasteiger partial charge in [0.15, 0.2) is 0 Å². The molecule has 0 aliphatic carbocycles. The second-order valence-electron chi connectivity index (χ2n) is 9.54. The highest BCUT2D eigenvalue weighted by molar-refractivity contribution is 6.85. The minimum atomic E-state index is -3.03. The summed E-state index contributed by atoms with van der Waals surface area (Å²) in [5.74, 6) is 0.910. The predicted octanol–water partition coefficient (Wildman–Crippen LogP) is 8.06. The smallest absolute Gasteiger partial charge is 0.323 e. The van der Waals surface area contributed by atoms with Crippen molar-refractivity contribution in [1.29, 1.82) is 0 Å². The van der Waals surface area contributed by atoms with E-state index in [4.69, 9.17) is 40.3 Å². The highest BCUT2D eigenvalue weighted by atomic mass is 35.5. The Hall–Kier alpha value is -0.629. The molecule has 35 heavy (non-hydrogen) atoms. The maximum Gasteiger partial charge on any atom is 0.323 e. The molecule has 0 bridgehead atoms. The van der Waals surface area contributed by atoms with Gasteiger partial charge in [-0.15, -0.1) is 23.2 Å². The number of benzene rings is 2. The van der Waals surface area contributed by atoms with Crippen molar-refractivity contribution in [3.05, 3.63) is 70.8 Å². The first-order valence-corrected chi connectivity index (χ1v) is 20.8. The largest absolute Gasteiger partial charge is 0.415 e. The van der Waals surface area contributed by atoms with E-state index in [1.165, 1.54) is 0 Å². The molecule has 0 saturated heterocycles. The highest BCUT2D eigenvalue weighted by Gasteiger charge is 2.45. The summed E-state index contributed by atoms with van der Waals surface area (Å²) in [6.07, 6.45) is -2.71. The average molecular weight is 582 g/mol. The summed E-state index contributed by atoms with van der Waals surface area (Å²) in [5.41, 5.74) is 4.06. The predicted molar refractivity (Wildman–Crippen MR) is 146 cm³/mol. The third-order valence-corrected chi connectivity index (χ3v) is 16.1. The maximum atomic E-state index is 13.1. The number of hydrogen-bond acceptors (Lipinski definition) is 4. The minimum absolute atomic E-state index is 0.166. The van der Waals surface area contributed by atoms with E-state index in [0.29, 0.717) is 25.0 Å². The molecule has 0 atom stereocenters. The molecule has 0 aliphatic rings. The molecule has 0 unspecified atom stereocenters. The molecule has 0 fully saturated rings. The Morgan fingerprint density at radius 1 is 0.657 bits per heavy atom. The first kappa shape index (κ1) is 30.6. The Morgan fingerprint density at radius 3 is 1.31 bits per heavy atom. The standard InChI is InChI=1S/C24H36Cl2F2O4Si3/c1-33(2,29-18-22-10-6-20(16-25)7-11-22)31-35(5,15-14-24(27)28)32-34(3,4)30-19-23-12-8-21(17-26)9-13-23/h6-13,24H,14-19H2,1-5H3. The van der Waals surface area contributed by atoms with Gasteiger partial charge in [0.1, 0.15) is 0 Å². The number of rotatable bonds is 15. The Balaban J connectivity index is 2.04. The molecular formula is C24H36Cl2F2O4Si3. The van der Waals surface area contributed by atoms with Crippen LogP contribution in [0.4, 0.5) is 8.78 Å². The van der Waals surface area contributed by atoms with E-state index in [0.717, 1.165) is 22.3 Å². The second-order valence-corrected chi connectivity index (χ2v) is 20.7. The Bertz CT molecular complexity index is 835. The van der Waals surface area contributed by atoms with Crippen molar-refractivity contribution in [2.75, 3.05) is 0 Å². The van der Waals surface area contributed by atoms with Crippen molar-refractivity contribution in [2.45, 2.75) is 76.6 Å². The van der Waals surface area contributed by atoms with Crippen molar-refractivity contribution in [2.24, 2.45) is 0 Å². The van der Waals surface area contributed by atoms with E-state index in [1.54, 1.807) is 0 Å². The van der Waals surface area contributed by atoms with Gasteiger partial charge in [0.25, 0.3) is 0 Å². The Labute approximate surface area is 221 Å². The van der Waals surface area contributed by atoms with E-state index in [1.807, 2.05) is 81.3 Å². The highest BCUT2D eigenvalue weighted by Crippen LogP contribution is 2.29. The van der Waals surface area contributed by atoms with E-state index in [9.17, 15) is 8.78 Å². The van der Waals surface area contributed by atoms with Crippen molar-refractivity contribution < 1.29 is 25.9 Å². The van der Waals surface area contributed by atoms with Crippen molar-refractivity contribution >= 4 is 48.9 Å². The summed E-state index contributed by atoms with van der Waals surface area (Å²) in [6.45, 7) is 10.3. The third-order valence-electron chi connectivity index (χ3n) is 5.27. The lowest BCUT2D eigenvalue weighted by Gasteiger charge is -2.39. The van der Waals surface area contributed by atoms with E-state index in [-0.39, 0.29) is 12.5 Å². The van der Waals surface area contributed by atoms with Crippen LogP contribution < -0.4 is 0 Å². The summed E-state index contributed by atoms with van der Waals surface area (Å²) >= 11 is 11.7. The molecular weight excluding hydrogens is 545 g/mol. The van der Waals surface area contributed by atoms with E-state index < -0.39 is 32.1 Å². The van der Waals surface area contributed by atoms with Crippen molar-refractivity contribution in [1.82, 2.24) is 0 Å². The first-order valence-electron chi connectivity index (χ1n) is 11.6. The summed E-state index contributed by atoms with van der Waals surface area (Å²) in [6, 6.07) is 15.9. The van der Waals surface area contributed by atoms with Crippen LogP contribution in [0, 0.1) is 0 Å². The molecule has 0 radical (unpaired) electrons. The van der Waals surface area contributed by atoms with Gasteiger partial charge in [-0.05, 0) is 61.0 Å². The van der Waals surface area contributed by atoms with Gasteiger partial charge in [0, 0.05) is 18.2 Å². The Morgan fingerprint density at radius 2 is 1.00 bits per heavy atom. The molecule has 0 amide bonds. The zero-order chi connectivity index (χ0) is 26.1.